The molecule has 16 heavy (non-hydrogen) atoms. The molecule has 0 saturated carbocycles. The van der Waals surface area contributed by atoms with Gasteiger partial charge in [-0.15, -0.1) is 0 Å². The molecule has 1 aromatic carbocycles. The molecule has 0 bridgehead atoms. The Labute approximate surface area is 97.6 Å². The van der Waals surface area contributed by atoms with Crippen molar-refractivity contribution in [2.24, 2.45) is 5.73 Å². The van der Waals surface area contributed by atoms with E-state index in [0.29, 0.717) is 6.10 Å². The molecule has 1 aromatic rings. The molecule has 3 nitrogen and oxygen atoms in total. The van der Waals surface area contributed by atoms with Gasteiger partial charge in [-0.05, 0) is 31.7 Å². The summed E-state index contributed by atoms with van der Waals surface area (Å²) in [5, 5.41) is 0. The van der Waals surface area contributed by atoms with E-state index < -0.39 is 0 Å². The van der Waals surface area contributed by atoms with Gasteiger partial charge in [-0.2, -0.15) is 0 Å². The third-order valence-electron chi connectivity index (χ3n) is 2.62. The van der Waals surface area contributed by atoms with Crippen LogP contribution < -0.4 is 15.2 Å². The first-order valence-corrected chi connectivity index (χ1v) is 5.74. The quantitative estimate of drug-likeness (QED) is 0.855. The number of rotatable bonds is 3. The first-order valence-electron chi connectivity index (χ1n) is 5.74. The zero-order chi connectivity index (χ0) is 12.0. The van der Waals surface area contributed by atoms with Crippen molar-refractivity contribution in [2.75, 3.05) is 14.2 Å². The van der Waals surface area contributed by atoms with Crippen LogP contribution >= 0.6 is 0 Å². The molecule has 0 spiro atoms. The molecule has 1 aliphatic rings. The lowest BCUT2D eigenvalue weighted by Crippen LogP contribution is -2.11. The van der Waals surface area contributed by atoms with Crippen LogP contribution in [0.15, 0.2) is 18.2 Å². The summed E-state index contributed by atoms with van der Waals surface area (Å²) in [6.45, 7) is 2.19. The fourth-order valence-corrected chi connectivity index (χ4v) is 1.91. The molecule has 0 saturated heterocycles. The zero-order valence-electron chi connectivity index (χ0n) is 10.3. The highest BCUT2D eigenvalue weighted by atomic mass is 16.5. The lowest BCUT2D eigenvalue weighted by molar-refractivity contribution is 0.220. The predicted molar refractivity (Wildman–Crippen MR) is 66.1 cm³/mol. The summed E-state index contributed by atoms with van der Waals surface area (Å²) in [6, 6.07) is 6.03. The SMILES string of the molecule is CCCC1Cc2cc(OC)ccc2O1.CN. The predicted octanol–water partition coefficient (Wildman–Crippen LogP) is 2.37. The Bertz CT molecular complexity index is 326. The highest BCUT2D eigenvalue weighted by Crippen LogP contribution is 2.33. The molecule has 0 fully saturated rings. The molecule has 1 heterocycles. The summed E-state index contributed by atoms with van der Waals surface area (Å²) in [7, 11) is 3.20. The number of fused-ring (bicyclic) bond motifs is 1. The Morgan fingerprint density at radius 3 is 2.81 bits per heavy atom. The van der Waals surface area contributed by atoms with Gasteiger partial charge < -0.3 is 15.2 Å². The third kappa shape index (κ3) is 2.89. The van der Waals surface area contributed by atoms with E-state index in [1.807, 2.05) is 12.1 Å². The monoisotopic (exact) mass is 223 g/mol. The normalized spacial score (nSPS) is 16.9. The number of nitrogens with two attached hydrogens (primary N) is 1. The fraction of sp³-hybridized carbons (Fsp3) is 0.538. The summed E-state index contributed by atoms with van der Waals surface area (Å²) in [6.07, 6.45) is 3.72. The van der Waals surface area contributed by atoms with Crippen molar-refractivity contribution in [1.82, 2.24) is 0 Å². The number of hydrogen-bond acceptors (Lipinski definition) is 3. The van der Waals surface area contributed by atoms with Gasteiger partial charge in [0.1, 0.15) is 17.6 Å². The minimum Gasteiger partial charge on any atom is -0.497 e. The van der Waals surface area contributed by atoms with Gasteiger partial charge in [-0.3, -0.25) is 0 Å². The molecule has 1 aliphatic heterocycles. The van der Waals surface area contributed by atoms with Crippen molar-refractivity contribution in [3.8, 4) is 11.5 Å². The Hall–Kier alpha value is -1.22. The van der Waals surface area contributed by atoms with E-state index in [1.54, 1.807) is 7.11 Å². The molecule has 3 heteroatoms. The van der Waals surface area contributed by atoms with Gasteiger partial charge in [0.25, 0.3) is 0 Å². The second kappa shape index (κ2) is 6.38. The van der Waals surface area contributed by atoms with Crippen LogP contribution in [-0.2, 0) is 6.42 Å². The van der Waals surface area contributed by atoms with Crippen LogP contribution in [0.4, 0.5) is 0 Å². The van der Waals surface area contributed by atoms with E-state index in [2.05, 4.69) is 18.7 Å². The van der Waals surface area contributed by atoms with Crippen molar-refractivity contribution in [3.63, 3.8) is 0 Å². The van der Waals surface area contributed by atoms with E-state index in [-0.39, 0.29) is 0 Å². The number of methoxy groups -OCH3 is 1. The second-order valence-corrected chi connectivity index (χ2v) is 3.71. The van der Waals surface area contributed by atoms with Crippen LogP contribution in [0, 0.1) is 0 Å². The third-order valence-corrected chi connectivity index (χ3v) is 2.62. The van der Waals surface area contributed by atoms with Gasteiger partial charge in [0.15, 0.2) is 0 Å². The van der Waals surface area contributed by atoms with E-state index in [1.165, 1.54) is 19.0 Å². The standard InChI is InChI=1S/C12H16O2.CH5N/c1-3-4-11-8-9-7-10(13-2)5-6-12(9)14-11;1-2/h5-7,11H,3-4,8H2,1-2H3;2H2,1H3. The van der Waals surface area contributed by atoms with Crippen LogP contribution in [0.1, 0.15) is 25.3 Å². The van der Waals surface area contributed by atoms with Crippen LogP contribution in [-0.4, -0.2) is 20.3 Å². The molecule has 0 radical (unpaired) electrons. The lowest BCUT2D eigenvalue weighted by atomic mass is 10.1. The number of benzene rings is 1. The Balaban J connectivity index is 0.000000606. The fourth-order valence-electron chi connectivity index (χ4n) is 1.91. The molecule has 2 N–H and O–H groups in total. The van der Waals surface area contributed by atoms with E-state index in [9.17, 15) is 0 Å². The Morgan fingerprint density at radius 2 is 2.19 bits per heavy atom. The topological polar surface area (TPSA) is 44.5 Å². The summed E-state index contributed by atoms with van der Waals surface area (Å²) >= 11 is 0. The van der Waals surface area contributed by atoms with Crippen molar-refractivity contribution >= 4 is 0 Å². The van der Waals surface area contributed by atoms with E-state index in [0.717, 1.165) is 24.3 Å². The van der Waals surface area contributed by atoms with Crippen LogP contribution in [0.2, 0.25) is 0 Å². The molecular formula is C13H21NO2. The molecule has 0 aliphatic carbocycles. The molecule has 1 atom stereocenters. The largest absolute Gasteiger partial charge is 0.497 e. The van der Waals surface area contributed by atoms with E-state index >= 15 is 0 Å². The van der Waals surface area contributed by atoms with Gasteiger partial charge in [0, 0.05) is 12.0 Å². The molecule has 90 valence electrons. The van der Waals surface area contributed by atoms with Gasteiger partial charge in [-0.1, -0.05) is 13.3 Å². The van der Waals surface area contributed by atoms with Crippen LogP contribution in [0.25, 0.3) is 0 Å². The van der Waals surface area contributed by atoms with Crippen LogP contribution in [0.3, 0.4) is 0 Å². The summed E-state index contributed by atoms with van der Waals surface area (Å²) in [5.74, 6) is 1.95. The molecule has 0 amide bonds. The molecule has 1 unspecified atom stereocenters. The lowest BCUT2D eigenvalue weighted by Gasteiger charge is -2.07. The van der Waals surface area contributed by atoms with Gasteiger partial charge in [-0.25, -0.2) is 0 Å². The van der Waals surface area contributed by atoms with Gasteiger partial charge in [0.2, 0.25) is 0 Å². The van der Waals surface area contributed by atoms with Gasteiger partial charge >= 0.3 is 0 Å². The minimum absolute atomic E-state index is 0.377. The molecule has 0 aromatic heterocycles. The van der Waals surface area contributed by atoms with Crippen molar-refractivity contribution in [1.29, 1.82) is 0 Å². The highest BCUT2D eigenvalue weighted by molar-refractivity contribution is 5.43. The summed E-state index contributed by atoms with van der Waals surface area (Å²) in [5.41, 5.74) is 5.78. The van der Waals surface area contributed by atoms with Crippen molar-refractivity contribution < 1.29 is 9.47 Å². The zero-order valence-corrected chi connectivity index (χ0v) is 10.3. The first-order chi connectivity index (χ1) is 7.83. The molecular weight excluding hydrogens is 202 g/mol. The maximum atomic E-state index is 5.79. The number of hydrogen-bond donors (Lipinski definition) is 1. The van der Waals surface area contributed by atoms with Crippen LogP contribution in [0.5, 0.6) is 11.5 Å². The van der Waals surface area contributed by atoms with Crippen molar-refractivity contribution in [2.45, 2.75) is 32.3 Å². The minimum atomic E-state index is 0.377. The smallest absolute Gasteiger partial charge is 0.123 e. The maximum absolute atomic E-state index is 5.79. The first kappa shape index (κ1) is 12.8. The average molecular weight is 223 g/mol. The van der Waals surface area contributed by atoms with Crippen molar-refractivity contribution in [3.05, 3.63) is 23.8 Å². The summed E-state index contributed by atoms with van der Waals surface area (Å²) in [4.78, 5) is 0. The van der Waals surface area contributed by atoms with Gasteiger partial charge in [0.05, 0.1) is 7.11 Å². The van der Waals surface area contributed by atoms with E-state index in [4.69, 9.17) is 9.47 Å². The Morgan fingerprint density at radius 1 is 1.44 bits per heavy atom. The Kier molecular flexibility index (Phi) is 5.12. The number of ether oxygens (including phenoxy) is 2. The molecule has 2 rings (SSSR count). The summed E-state index contributed by atoms with van der Waals surface area (Å²) < 4.78 is 11.0. The highest BCUT2D eigenvalue weighted by Gasteiger charge is 2.22. The average Bonchev–Trinajstić information content (AvgIpc) is 2.73. The maximum Gasteiger partial charge on any atom is 0.123 e. The second-order valence-electron chi connectivity index (χ2n) is 3.71.